The van der Waals surface area contributed by atoms with Crippen molar-refractivity contribution >= 4 is 35.1 Å². The van der Waals surface area contributed by atoms with E-state index in [-0.39, 0.29) is 30.2 Å². The molecular weight excluding hydrogens is 450 g/mol. The van der Waals surface area contributed by atoms with Crippen LogP contribution in [0.1, 0.15) is 30.1 Å². The van der Waals surface area contributed by atoms with Gasteiger partial charge in [0.15, 0.2) is 6.10 Å². The summed E-state index contributed by atoms with van der Waals surface area (Å²) in [5.74, 6) is -0.377. The third kappa shape index (κ3) is 6.02. The number of nitrogens with one attached hydrogen (secondary N) is 2. The second kappa shape index (κ2) is 10.5. The Bertz CT molecular complexity index is 1230. The minimum atomic E-state index is -1.05. The number of esters is 1. The van der Waals surface area contributed by atoms with E-state index in [9.17, 15) is 19.2 Å². The Morgan fingerprint density at radius 2 is 1.54 bits per heavy atom. The molecule has 0 spiro atoms. The van der Waals surface area contributed by atoms with E-state index in [0.29, 0.717) is 22.9 Å². The molecule has 3 amide bonds. The van der Waals surface area contributed by atoms with Gasteiger partial charge in [-0.25, -0.2) is 9.80 Å². The van der Waals surface area contributed by atoms with E-state index in [1.807, 2.05) is 30.3 Å². The number of para-hydroxylation sites is 1. The normalized spacial score (nSPS) is 14.0. The van der Waals surface area contributed by atoms with Gasteiger partial charge in [-0.3, -0.25) is 19.8 Å². The lowest BCUT2D eigenvalue weighted by molar-refractivity contribution is -0.130. The molecule has 3 aromatic rings. The molecule has 1 aliphatic rings. The first-order valence-electron chi connectivity index (χ1n) is 11.0. The molecule has 4 rings (SSSR count). The standard InChI is InChI=1S/C26H23N3O6/c1-17(25(32)27-19-9-13-22(14-10-19)35-21-5-3-2-4-6-21)34-26(33)18-7-11-20(12-8-18)29-24(31)16-15-23(30)28-29/h2-14,17H,15-16H2,1H3,(H,27,32)(H,28,30). The van der Waals surface area contributed by atoms with Gasteiger partial charge in [-0.05, 0) is 67.6 Å². The first kappa shape index (κ1) is 23.5. The smallest absolute Gasteiger partial charge is 0.338 e. The van der Waals surface area contributed by atoms with E-state index in [4.69, 9.17) is 9.47 Å². The molecule has 9 heteroatoms. The van der Waals surface area contributed by atoms with Crippen LogP contribution in [0.3, 0.4) is 0 Å². The maximum absolute atomic E-state index is 12.5. The largest absolute Gasteiger partial charge is 0.457 e. The summed E-state index contributed by atoms with van der Waals surface area (Å²) >= 11 is 0. The molecule has 0 bridgehead atoms. The van der Waals surface area contributed by atoms with Gasteiger partial charge >= 0.3 is 5.97 Å². The Morgan fingerprint density at radius 3 is 2.23 bits per heavy atom. The van der Waals surface area contributed by atoms with Crippen LogP contribution in [-0.2, 0) is 19.1 Å². The van der Waals surface area contributed by atoms with Gasteiger partial charge in [0.1, 0.15) is 11.5 Å². The summed E-state index contributed by atoms with van der Waals surface area (Å²) in [6.07, 6.45) is -0.790. The number of hydrogen-bond donors (Lipinski definition) is 2. The van der Waals surface area contributed by atoms with Crippen LogP contribution in [0.25, 0.3) is 0 Å². The molecule has 9 nitrogen and oxygen atoms in total. The Balaban J connectivity index is 1.30. The summed E-state index contributed by atoms with van der Waals surface area (Å²) in [6, 6.07) is 22.1. The molecule has 1 aliphatic heterocycles. The van der Waals surface area contributed by atoms with Crippen molar-refractivity contribution in [2.24, 2.45) is 0 Å². The lowest BCUT2D eigenvalue weighted by Crippen LogP contribution is -2.50. The van der Waals surface area contributed by atoms with Crippen LogP contribution in [0, 0.1) is 0 Å². The number of carbonyl (C=O) groups excluding carboxylic acids is 4. The van der Waals surface area contributed by atoms with E-state index in [1.54, 1.807) is 24.3 Å². The molecule has 1 atom stereocenters. The third-order valence-corrected chi connectivity index (χ3v) is 5.17. The molecule has 0 radical (unpaired) electrons. The SMILES string of the molecule is CC(OC(=O)c1ccc(N2NC(=O)CCC2=O)cc1)C(=O)Nc1ccc(Oc2ccccc2)cc1. The zero-order valence-corrected chi connectivity index (χ0v) is 18.9. The summed E-state index contributed by atoms with van der Waals surface area (Å²) < 4.78 is 11.0. The van der Waals surface area contributed by atoms with E-state index in [0.717, 1.165) is 5.01 Å². The van der Waals surface area contributed by atoms with Crippen LogP contribution in [0.5, 0.6) is 11.5 Å². The van der Waals surface area contributed by atoms with Gasteiger partial charge < -0.3 is 14.8 Å². The van der Waals surface area contributed by atoms with Crippen LogP contribution in [0.4, 0.5) is 11.4 Å². The predicted molar refractivity (Wildman–Crippen MR) is 128 cm³/mol. The van der Waals surface area contributed by atoms with Crippen LogP contribution < -0.4 is 20.5 Å². The Hall–Kier alpha value is -4.66. The molecule has 0 saturated carbocycles. The Kier molecular flexibility index (Phi) is 7.06. The fraction of sp³-hybridized carbons (Fsp3) is 0.154. The number of anilines is 2. The lowest BCUT2D eigenvalue weighted by Gasteiger charge is -2.27. The first-order chi connectivity index (χ1) is 16.9. The molecule has 35 heavy (non-hydrogen) atoms. The molecule has 1 unspecified atom stereocenters. The fourth-order valence-electron chi connectivity index (χ4n) is 3.29. The molecule has 0 aliphatic carbocycles. The molecule has 3 aromatic carbocycles. The fourth-order valence-corrected chi connectivity index (χ4v) is 3.29. The average molecular weight is 473 g/mol. The average Bonchev–Trinajstić information content (AvgIpc) is 2.87. The van der Waals surface area contributed by atoms with E-state index in [2.05, 4.69) is 10.7 Å². The minimum Gasteiger partial charge on any atom is -0.457 e. The highest BCUT2D eigenvalue weighted by atomic mass is 16.5. The van der Waals surface area contributed by atoms with Gasteiger partial charge in [-0.1, -0.05) is 18.2 Å². The van der Waals surface area contributed by atoms with Gasteiger partial charge in [0.05, 0.1) is 11.3 Å². The van der Waals surface area contributed by atoms with Crippen molar-refractivity contribution in [2.75, 3.05) is 10.3 Å². The van der Waals surface area contributed by atoms with Gasteiger partial charge in [0.25, 0.3) is 5.91 Å². The summed E-state index contributed by atoms with van der Waals surface area (Å²) in [5.41, 5.74) is 3.63. The predicted octanol–water partition coefficient (Wildman–Crippen LogP) is 3.82. The lowest BCUT2D eigenvalue weighted by atomic mass is 10.1. The number of hydrazine groups is 1. The van der Waals surface area contributed by atoms with Crippen LogP contribution in [-0.4, -0.2) is 29.8 Å². The van der Waals surface area contributed by atoms with Gasteiger partial charge in [0, 0.05) is 18.5 Å². The summed E-state index contributed by atoms with van der Waals surface area (Å²) in [5, 5.41) is 3.84. The zero-order chi connectivity index (χ0) is 24.8. The van der Waals surface area contributed by atoms with Gasteiger partial charge in [-0.2, -0.15) is 0 Å². The van der Waals surface area contributed by atoms with Crippen molar-refractivity contribution in [1.29, 1.82) is 0 Å². The molecule has 178 valence electrons. The number of amides is 3. The highest BCUT2D eigenvalue weighted by Gasteiger charge is 2.25. The molecule has 1 saturated heterocycles. The third-order valence-electron chi connectivity index (χ3n) is 5.17. The zero-order valence-electron chi connectivity index (χ0n) is 18.9. The highest BCUT2D eigenvalue weighted by Crippen LogP contribution is 2.23. The second-order valence-electron chi connectivity index (χ2n) is 7.79. The Morgan fingerprint density at radius 1 is 0.886 bits per heavy atom. The molecule has 1 fully saturated rings. The number of nitrogens with zero attached hydrogens (tertiary/aromatic N) is 1. The summed E-state index contributed by atoms with van der Waals surface area (Å²) in [6.45, 7) is 1.47. The Labute approximate surface area is 201 Å². The van der Waals surface area contributed by atoms with Crippen LogP contribution in [0.15, 0.2) is 78.9 Å². The summed E-state index contributed by atoms with van der Waals surface area (Å²) in [7, 11) is 0. The number of hydrogen-bond acceptors (Lipinski definition) is 6. The van der Waals surface area contributed by atoms with Crippen molar-refractivity contribution in [3.8, 4) is 11.5 Å². The molecule has 1 heterocycles. The monoisotopic (exact) mass is 473 g/mol. The summed E-state index contributed by atoms with van der Waals surface area (Å²) in [4.78, 5) is 48.5. The van der Waals surface area contributed by atoms with Crippen molar-refractivity contribution in [1.82, 2.24) is 5.43 Å². The van der Waals surface area contributed by atoms with Crippen molar-refractivity contribution in [2.45, 2.75) is 25.9 Å². The minimum absolute atomic E-state index is 0.116. The number of rotatable bonds is 7. The van der Waals surface area contributed by atoms with Gasteiger partial charge in [0.2, 0.25) is 11.8 Å². The van der Waals surface area contributed by atoms with Crippen LogP contribution in [0.2, 0.25) is 0 Å². The maximum Gasteiger partial charge on any atom is 0.338 e. The van der Waals surface area contributed by atoms with Crippen molar-refractivity contribution in [3.05, 3.63) is 84.4 Å². The van der Waals surface area contributed by atoms with Crippen LogP contribution >= 0.6 is 0 Å². The van der Waals surface area contributed by atoms with Crippen molar-refractivity contribution in [3.63, 3.8) is 0 Å². The van der Waals surface area contributed by atoms with Crippen molar-refractivity contribution < 1.29 is 28.7 Å². The van der Waals surface area contributed by atoms with E-state index >= 15 is 0 Å². The topological polar surface area (TPSA) is 114 Å². The molecule has 0 aromatic heterocycles. The highest BCUT2D eigenvalue weighted by molar-refractivity contribution is 6.02. The first-order valence-corrected chi connectivity index (χ1v) is 11.0. The quantitative estimate of drug-likeness (QED) is 0.505. The van der Waals surface area contributed by atoms with E-state index in [1.165, 1.54) is 31.2 Å². The molecule has 2 N–H and O–H groups in total. The number of benzene rings is 3. The second-order valence-corrected chi connectivity index (χ2v) is 7.79. The van der Waals surface area contributed by atoms with E-state index < -0.39 is 18.0 Å². The maximum atomic E-state index is 12.5. The number of ether oxygens (including phenoxy) is 2. The molecular formula is C26H23N3O6. The number of carbonyl (C=O) groups is 4. The van der Waals surface area contributed by atoms with Gasteiger partial charge in [-0.15, -0.1) is 0 Å².